The fraction of sp³-hybridized carbons (Fsp3) is 0.500. The lowest BCUT2D eigenvalue weighted by molar-refractivity contribution is -0.139. The number of unbranched alkanes of at least 4 members (excludes halogenated alkanes) is 2. The molecule has 11 heteroatoms. The van der Waals surface area contributed by atoms with Gasteiger partial charge in [0.2, 0.25) is 11.5 Å². The van der Waals surface area contributed by atoms with Gasteiger partial charge < -0.3 is 42.8 Å². The standard InChI is InChI=1S/C32H45NO10/c1-22(21-43-29(34)13-12-23-16-25(36-3)30(40-7)26(17-23)37-4)20-33(2)14-10-9-11-15-42-32(35)24-18-27(38-5)31(41-8)28(19-24)39-6/h12-13,16-19,22H,9-11,14-15,20-21H2,1-8H3/b13-12+/t22-/m1/s1. The summed E-state index contributed by atoms with van der Waals surface area (Å²) in [6, 6.07) is 6.65. The van der Waals surface area contributed by atoms with Crippen molar-refractivity contribution < 1.29 is 47.5 Å². The summed E-state index contributed by atoms with van der Waals surface area (Å²) in [5, 5.41) is 0. The molecule has 0 bridgehead atoms. The van der Waals surface area contributed by atoms with E-state index in [2.05, 4.69) is 4.90 Å². The average Bonchev–Trinajstić information content (AvgIpc) is 3.02. The topological polar surface area (TPSA) is 111 Å². The van der Waals surface area contributed by atoms with Crippen molar-refractivity contribution in [2.24, 2.45) is 5.92 Å². The number of hydrogen-bond donors (Lipinski definition) is 0. The van der Waals surface area contributed by atoms with Gasteiger partial charge in [0, 0.05) is 18.5 Å². The summed E-state index contributed by atoms with van der Waals surface area (Å²) in [6.45, 7) is 4.31. The summed E-state index contributed by atoms with van der Waals surface area (Å²) in [4.78, 5) is 27.0. The van der Waals surface area contributed by atoms with E-state index in [0.29, 0.717) is 53.3 Å². The van der Waals surface area contributed by atoms with Crippen LogP contribution in [-0.2, 0) is 14.3 Å². The normalized spacial score (nSPS) is 11.7. The highest BCUT2D eigenvalue weighted by molar-refractivity contribution is 5.91. The van der Waals surface area contributed by atoms with Crippen molar-refractivity contribution in [1.29, 1.82) is 0 Å². The first-order chi connectivity index (χ1) is 20.7. The Morgan fingerprint density at radius 3 is 1.79 bits per heavy atom. The first-order valence-electron chi connectivity index (χ1n) is 14.0. The third-order valence-corrected chi connectivity index (χ3v) is 6.55. The molecule has 238 valence electrons. The third-order valence-electron chi connectivity index (χ3n) is 6.55. The van der Waals surface area contributed by atoms with Crippen molar-refractivity contribution >= 4 is 18.0 Å². The van der Waals surface area contributed by atoms with Gasteiger partial charge in [0.25, 0.3) is 0 Å². The zero-order valence-corrected chi connectivity index (χ0v) is 26.5. The first-order valence-corrected chi connectivity index (χ1v) is 14.0. The van der Waals surface area contributed by atoms with Crippen LogP contribution in [0.3, 0.4) is 0 Å². The van der Waals surface area contributed by atoms with Crippen molar-refractivity contribution in [3.8, 4) is 34.5 Å². The molecule has 2 aromatic rings. The maximum Gasteiger partial charge on any atom is 0.338 e. The number of nitrogens with zero attached hydrogens (tertiary/aromatic N) is 1. The van der Waals surface area contributed by atoms with E-state index in [4.69, 9.17) is 37.9 Å². The van der Waals surface area contributed by atoms with Crippen LogP contribution in [0.5, 0.6) is 34.5 Å². The van der Waals surface area contributed by atoms with Crippen LogP contribution in [0.25, 0.3) is 6.08 Å². The fourth-order valence-electron chi connectivity index (χ4n) is 4.42. The fourth-order valence-corrected chi connectivity index (χ4v) is 4.42. The van der Waals surface area contributed by atoms with E-state index in [1.165, 1.54) is 48.7 Å². The minimum Gasteiger partial charge on any atom is -0.493 e. The molecule has 0 aliphatic heterocycles. The Morgan fingerprint density at radius 2 is 1.28 bits per heavy atom. The molecule has 0 N–H and O–H groups in total. The van der Waals surface area contributed by atoms with Crippen LogP contribution >= 0.6 is 0 Å². The smallest absolute Gasteiger partial charge is 0.338 e. The van der Waals surface area contributed by atoms with Crippen LogP contribution in [-0.4, -0.2) is 92.8 Å². The maximum atomic E-state index is 12.5. The summed E-state index contributed by atoms with van der Waals surface area (Å²) in [6.07, 6.45) is 5.62. The molecule has 0 fully saturated rings. The number of carbonyl (C=O) groups is 2. The summed E-state index contributed by atoms with van der Waals surface area (Å²) >= 11 is 0. The highest BCUT2D eigenvalue weighted by Gasteiger charge is 2.18. The first kappa shape index (κ1) is 35.1. The van der Waals surface area contributed by atoms with Crippen molar-refractivity contribution in [1.82, 2.24) is 4.90 Å². The zero-order valence-electron chi connectivity index (χ0n) is 26.5. The molecule has 2 aromatic carbocycles. The van der Waals surface area contributed by atoms with Crippen molar-refractivity contribution in [3.05, 3.63) is 41.5 Å². The molecule has 0 amide bonds. The number of rotatable bonds is 19. The Morgan fingerprint density at radius 1 is 0.744 bits per heavy atom. The predicted molar refractivity (Wildman–Crippen MR) is 163 cm³/mol. The van der Waals surface area contributed by atoms with Crippen molar-refractivity contribution in [3.63, 3.8) is 0 Å². The second-order valence-corrected chi connectivity index (χ2v) is 9.90. The number of ether oxygens (including phenoxy) is 8. The maximum absolute atomic E-state index is 12.5. The molecule has 0 saturated heterocycles. The number of carbonyl (C=O) groups excluding carboxylic acids is 2. The van der Waals surface area contributed by atoms with E-state index in [1.54, 1.807) is 30.3 Å². The van der Waals surface area contributed by atoms with Gasteiger partial charge in [-0.05, 0) is 68.8 Å². The Balaban J connectivity index is 1.68. The van der Waals surface area contributed by atoms with Gasteiger partial charge in [-0.1, -0.05) is 6.92 Å². The molecule has 1 atom stereocenters. The van der Waals surface area contributed by atoms with Gasteiger partial charge >= 0.3 is 11.9 Å². The third kappa shape index (κ3) is 10.9. The van der Waals surface area contributed by atoms with Crippen molar-refractivity contribution in [2.45, 2.75) is 26.2 Å². The largest absolute Gasteiger partial charge is 0.493 e. The lowest BCUT2D eigenvalue weighted by Gasteiger charge is -2.21. The van der Waals surface area contributed by atoms with Gasteiger partial charge in [-0.2, -0.15) is 0 Å². The van der Waals surface area contributed by atoms with Crippen molar-refractivity contribution in [2.75, 3.05) is 76.0 Å². The van der Waals surface area contributed by atoms with Crippen LogP contribution in [0.15, 0.2) is 30.3 Å². The number of benzene rings is 2. The molecule has 0 spiro atoms. The number of esters is 2. The summed E-state index contributed by atoms with van der Waals surface area (Å²) < 4.78 is 42.8. The second-order valence-electron chi connectivity index (χ2n) is 9.90. The van der Waals surface area contributed by atoms with Gasteiger partial charge in [0.15, 0.2) is 23.0 Å². The Bertz CT molecular complexity index is 1160. The molecule has 43 heavy (non-hydrogen) atoms. The molecule has 0 radical (unpaired) electrons. The van der Waals surface area contributed by atoms with Crippen LogP contribution in [0.1, 0.15) is 42.1 Å². The molecule has 0 saturated carbocycles. The highest BCUT2D eigenvalue weighted by Crippen LogP contribution is 2.39. The molecule has 0 aliphatic carbocycles. The van der Waals surface area contributed by atoms with E-state index in [9.17, 15) is 9.59 Å². The van der Waals surface area contributed by atoms with Crippen LogP contribution in [0.4, 0.5) is 0 Å². The number of methoxy groups -OCH3 is 6. The highest BCUT2D eigenvalue weighted by atomic mass is 16.5. The molecule has 11 nitrogen and oxygen atoms in total. The molecule has 0 aliphatic rings. The molecule has 0 unspecified atom stereocenters. The zero-order chi connectivity index (χ0) is 31.8. The summed E-state index contributed by atoms with van der Waals surface area (Å²) in [7, 11) is 11.1. The Labute approximate surface area is 254 Å². The molecular formula is C32H45NO10. The van der Waals surface area contributed by atoms with Gasteiger partial charge in [-0.15, -0.1) is 0 Å². The lowest BCUT2D eigenvalue weighted by Crippen LogP contribution is -2.28. The Hall–Kier alpha value is -4.12. The van der Waals surface area contributed by atoms with Crippen LogP contribution in [0.2, 0.25) is 0 Å². The predicted octanol–water partition coefficient (Wildman–Crippen LogP) is 4.89. The van der Waals surface area contributed by atoms with E-state index in [1.807, 2.05) is 14.0 Å². The van der Waals surface area contributed by atoms with E-state index in [0.717, 1.165) is 37.9 Å². The van der Waals surface area contributed by atoms with Gasteiger partial charge in [-0.3, -0.25) is 0 Å². The molecule has 2 rings (SSSR count). The van der Waals surface area contributed by atoms with Gasteiger partial charge in [-0.25, -0.2) is 9.59 Å². The minimum atomic E-state index is -0.446. The lowest BCUT2D eigenvalue weighted by atomic mass is 10.1. The molecule has 0 aromatic heterocycles. The van der Waals surface area contributed by atoms with Crippen LogP contribution in [0, 0.1) is 5.92 Å². The quantitative estimate of drug-likeness (QED) is 0.124. The molecule has 0 heterocycles. The minimum absolute atomic E-state index is 0.156. The van der Waals surface area contributed by atoms with Gasteiger partial charge in [0.05, 0.1) is 61.4 Å². The van der Waals surface area contributed by atoms with E-state index >= 15 is 0 Å². The van der Waals surface area contributed by atoms with E-state index in [-0.39, 0.29) is 5.92 Å². The van der Waals surface area contributed by atoms with E-state index < -0.39 is 11.9 Å². The van der Waals surface area contributed by atoms with Crippen LogP contribution < -0.4 is 28.4 Å². The SMILES string of the molecule is COc1cc(/C=C/C(=O)OC[C@H](C)CN(C)CCCCCOC(=O)c2cc(OC)c(OC)c(OC)c2)cc(OC)c1OC. The summed E-state index contributed by atoms with van der Waals surface area (Å²) in [5.74, 6) is 1.98. The second kappa shape index (κ2) is 18.4. The monoisotopic (exact) mass is 603 g/mol. The average molecular weight is 604 g/mol. The summed E-state index contributed by atoms with van der Waals surface area (Å²) in [5.41, 5.74) is 1.05. The number of hydrogen-bond acceptors (Lipinski definition) is 11. The Kier molecular flexibility index (Phi) is 15.0. The molecular weight excluding hydrogens is 558 g/mol. The van der Waals surface area contributed by atoms with Gasteiger partial charge in [0.1, 0.15) is 0 Å².